The van der Waals surface area contributed by atoms with Crippen molar-refractivity contribution in [3.8, 4) is 0 Å². The fraction of sp³-hybridized carbons (Fsp3) is 0.588. The third-order valence-electron chi connectivity index (χ3n) is 4.76. The van der Waals surface area contributed by atoms with E-state index in [1.54, 1.807) is 7.11 Å². The number of carbonyl (C=O) groups excluding carboxylic acids is 1. The van der Waals surface area contributed by atoms with Crippen molar-refractivity contribution < 1.29 is 9.53 Å². The minimum absolute atomic E-state index is 0. The molecule has 0 radical (unpaired) electrons. The molecule has 2 heterocycles. The molecule has 0 aromatic heterocycles. The fourth-order valence-electron chi connectivity index (χ4n) is 3.42. The first kappa shape index (κ1) is 19.5. The second-order valence-corrected chi connectivity index (χ2v) is 7.24. The van der Waals surface area contributed by atoms with E-state index in [4.69, 9.17) is 10.5 Å². The van der Waals surface area contributed by atoms with Crippen LogP contribution in [0.2, 0.25) is 0 Å². The van der Waals surface area contributed by atoms with Crippen molar-refractivity contribution >= 4 is 35.8 Å². The Morgan fingerprint density at radius 3 is 2.92 bits per heavy atom. The van der Waals surface area contributed by atoms with Crippen molar-refractivity contribution in [1.82, 2.24) is 4.90 Å². The number of hydrogen-bond donors (Lipinski definition) is 1. The quantitative estimate of drug-likeness (QED) is 0.877. The van der Waals surface area contributed by atoms with Crippen LogP contribution < -0.4 is 10.6 Å². The second-order valence-electron chi connectivity index (χ2n) is 6.10. The molecule has 1 amide bonds. The minimum atomic E-state index is 0. The molecular weight excluding hydrogens is 346 g/mol. The molecule has 5 nitrogen and oxygen atoms in total. The highest BCUT2D eigenvalue weighted by Crippen LogP contribution is 2.34. The number of piperidine rings is 1. The lowest BCUT2D eigenvalue weighted by Crippen LogP contribution is -2.52. The Kier molecular flexibility index (Phi) is 7.37. The first-order chi connectivity index (χ1) is 11.2. The maximum atomic E-state index is 12.8. The Hall–Kier alpha value is -0.790. The molecule has 0 saturated carbocycles. The van der Waals surface area contributed by atoms with Crippen LogP contribution in [0.5, 0.6) is 0 Å². The van der Waals surface area contributed by atoms with Gasteiger partial charge >= 0.3 is 0 Å². The lowest BCUT2D eigenvalue weighted by Gasteiger charge is -2.39. The molecule has 2 unspecified atom stereocenters. The highest BCUT2D eigenvalue weighted by atomic mass is 35.5. The average molecular weight is 372 g/mol. The number of nitrogens with zero attached hydrogens (tertiary/aromatic N) is 2. The predicted molar refractivity (Wildman–Crippen MR) is 101 cm³/mol. The third-order valence-corrected chi connectivity index (χ3v) is 5.81. The third kappa shape index (κ3) is 4.24. The van der Waals surface area contributed by atoms with Gasteiger partial charge in [0.25, 0.3) is 0 Å². The number of benzene rings is 1. The zero-order chi connectivity index (χ0) is 16.2. The van der Waals surface area contributed by atoms with Gasteiger partial charge < -0.3 is 15.4 Å². The van der Waals surface area contributed by atoms with Crippen LogP contribution in [0.1, 0.15) is 12.8 Å². The van der Waals surface area contributed by atoms with E-state index < -0.39 is 0 Å². The molecule has 1 aromatic carbocycles. The van der Waals surface area contributed by atoms with Crippen molar-refractivity contribution in [2.75, 3.05) is 43.9 Å². The number of anilines is 1. The smallest absolute Gasteiger partial charge is 0.241 e. The summed E-state index contributed by atoms with van der Waals surface area (Å²) in [6.45, 7) is 2.66. The molecule has 2 aliphatic rings. The van der Waals surface area contributed by atoms with E-state index in [1.165, 1.54) is 4.90 Å². The van der Waals surface area contributed by atoms with Gasteiger partial charge in [-0.15, -0.1) is 24.2 Å². The number of amides is 1. The number of carbonyl (C=O) groups is 1. The zero-order valence-electron chi connectivity index (χ0n) is 14.0. The van der Waals surface area contributed by atoms with Gasteiger partial charge in [0.15, 0.2) is 0 Å². The van der Waals surface area contributed by atoms with E-state index >= 15 is 0 Å². The topological polar surface area (TPSA) is 58.8 Å². The van der Waals surface area contributed by atoms with Crippen molar-refractivity contribution in [1.29, 1.82) is 0 Å². The SMILES string of the molecule is COC1CCN(CC(=O)N2CCSc3ccccc32)C(CN)C1.Cl. The summed E-state index contributed by atoms with van der Waals surface area (Å²) in [5, 5.41) is 0. The molecule has 1 saturated heterocycles. The highest BCUT2D eigenvalue weighted by molar-refractivity contribution is 7.99. The molecule has 0 aliphatic carbocycles. The van der Waals surface area contributed by atoms with Gasteiger partial charge in [-0.05, 0) is 25.0 Å². The summed E-state index contributed by atoms with van der Waals surface area (Å²) in [6, 6.07) is 8.38. The summed E-state index contributed by atoms with van der Waals surface area (Å²) in [5.74, 6) is 1.13. The number of nitrogens with two attached hydrogens (primary N) is 1. The Morgan fingerprint density at radius 1 is 1.38 bits per heavy atom. The van der Waals surface area contributed by atoms with Crippen molar-refractivity contribution in [2.24, 2.45) is 5.73 Å². The first-order valence-corrected chi connectivity index (χ1v) is 9.20. The molecule has 7 heteroatoms. The number of ether oxygens (including phenoxy) is 1. The predicted octanol–water partition coefficient (Wildman–Crippen LogP) is 1.99. The number of methoxy groups -OCH3 is 1. The Labute approximate surface area is 154 Å². The molecule has 2 N–H and O–H groups in total. The lowest BCUT2D eigenvalue weighted by molar-refractivity contribution is -0.121. The van der Waals surface area contributed by atoms with Crippen LogP contribution in [0.4, 0.5) is 5.69 Å². The number of halogens is 1. The molecule has 0 spiro atoms. The first-order valence-electron chi connectivity index (χ1n) is 8.22. The Balaban J connectivity index is 0.00000208. The van der Waals surface area contributed by atoms with Crippen LogP contribution in [0.3, 0.4) is 0 Å². The minimum Gasteiger partial charge on any atom is -0.381 e. The maximum Gasteiger partial charge on any atom is 0.241 e. The van der Waals surface area contributed by atoms with Crippen LogP contribution in [-0.4, -0.2) is 62.0 Å². The number of hydrogen-bond acceptors (Lipinski definition) is 5. The van der Waals surface area contributed by atoms with Crippen LogP contribution in [0.15, 0.2) is 29.2 Å². The largest absolute Gasteiger partial charge is 0.381 e. The van der Waals surface area contributed by atoms with Gasteiger partial charge in [-0.2, -0.15) is 0 Å². The van der Waals surface area contributed by atoms with Gasteiger partial charge in [-0.1, -0.05) is 12.1 Å². The standard InChI is InChI=1S/C17H25N3O2S.ClH/c1-22-14-6-7-19(13(10-14)11-18)12-17(21)20-8-9-23-16-5-3-2-4-15(16)20;/h2-5,13-14H,6-12,18H2,1H3;1H. The van der Waals surface area contributed by atoms with Crippen molar-refractivity contribution in [3.63, 3.8) is 0 Å². The van der Waals surface area contributed by atoms with E-state index in [0.29, 0.717) is 13.1 Å². The molecule has 2 aliphatic heterocycles. The summed E-state index contributed by atoms with van der Waals surface area (Å²) >= 11 is 1.82. The van der Waals surface area contributed by atoms with E-state index in [9.17, 15) is 4.79 Å². The Bertz CT molecular complexity index is 560. The summed E-state index contributed by atoms with van der Waals surface area (Å²) in [5.41, 5.74) is 6.96. The maximum absolute atomic E-state index is 12.8. The number of thioether (sulfide) groups is 1. The average Bonchev–Trinajstić information content (AvgIpc) is 2.61. The highest BCUT2D eigenvalue weighted by Gasteiger charge is 2.31. The van der Waals surface area contributed by atoms with E-state index in [1.807, 2.05) is 34.9 Å². The monoisotopic (exact) mass is 371 g/mol. The van der Waals surface area contributed by atoms with Crippen LogP contribution in [-0.2, 0) is 9.53 Å². The van der Waals surface area contributed by atoms with Gasteiger partial charge in [-0.25, -0.2) is 0 Å². The van der Waals surface area contributed by atoms with E-state index in [2.05, 4.69) is 11.0 Å². The summed E-state index contributed by atoms with van der Waals surface area (Å²) < 4.78 is 5.46. The lowest BCUT2D eigenvalue weighted by atomic mass is 9.99. The van der Waals surface area contributed by atoms with Crippen molar-refractivity contribution in [3.05, 3.63) is 24.3 Å². The molecule has 24 heavy (non-hydrogen) atoms. The number of fused-ring (bicyclic) bond motifs is 1. The van der Waals surface area contributed by atoms with Gasteiger partial charge in [-0.3, -0.25) is 9.69 Å². The summed E-state index contributed by atoms with van der Waals surface area (Å²) in [4.78, 5) is 18.2. The number of rotatable bonds is 4. The molecule has 1 aromatic rings. The van der Waals surface area contributed by atoms with E-state index in [-0.39, 0.29) is 30.5 Å². The van der Waals surface area contributed by atoms with Gasteiger partial charge in [0.2, 0.25) is 5.91 Å². The van der Waals surface area contributed by atoms with Crippen LogP contribution >= 0.6 is 24.2 Å². The molecular formula is C17H26ClN3O2S. The van der Waals surface area contributed by atoms with Gasteiger partial charge in [0.1, 0.15) is 0 Å². The number of likely N-dealkylation sites (tertiary alicyclic amines) is 1. The van der Waals surface area contributed by atoms with Crippen LogP contribution in [0.25, 0.3) is 0 Å². The Morgan fingerprint density at radius 2 is 2.17 bits per heavy atom. The van der Waals surface area contributed by atoms with Crippen molar-refractivity contribution in [2.45, 2.75) is 29.9 Å². The van der Waals surface area contributed by atoms with Gasteiger partial charge in [0.05, 0.1) is 18.3 Å². The van der Waals surface area contributed by atoms with Crippen LogP contribution in [0, 0.1) is 0 Å². The number of para-hydroxylation sites is 1. The summed E-state index contributed by atoms with van der Waals surface area (Å²) in [7, 11) is 1.75. The summed E-state index contributed by atoms with van der Waals surface area (Å²) in [6.07, 6.45) is 2.14. The normalized spacial score (nSPS) is 24.2. The molecule has 3 rings (SSSR count). The molecule has 134 valence electrons. The zero-order valence-corrected chi connectivity index (χ0v) is 15.7. The second kappa shape index (κ2) is 9.06. The molecule has 2 atom stereocenters. The fourth-order valence-corrected chi connectivity index (χ4v) is 4.41. The molecule has 1 fully saturated rings. The van der Waals surface area contributed by atoms with Gasteiger partial charge in [0, 0.05) is 43.4 Å². The molecule has 0 bridgehead atoms. The van der Waals surface area contributed by atoms with E-state index in [0.717, 1.165) is 37.4 Å².